The third kappa shape index (κ3) is 2.61. The lowest BCUT2D eigenvalue weighted by Gasteiger charge is -2.15. The van der Waals surface area contributed by atoms with Gasteiger partial charge >= 0.3 is 0 Å². The number of halogens is 1. The molecule has 0 aliphatic rings. The Balaban J connectivity index is 2.50. The molecule has 0 aliphatic carbocycles. The van der Waals surface area contributed by atoms with E-state index in [0.717, 1.165) is 38.2 Å². The molecule has 100 valence electrons. The van der Waals surface area contributed by atoms with Gasteiger partial charge in [-0.1, -0.05) is 18.2 Å². The van der Waals surface area contributed by atoms with Crippen LogP contribution in [0.25, 0.3) is 0 Å². The van der Waals surface area contributed by atoms with Crippen LogP contribution in [0.4, 0.5) is 0 Å². The third-order valence-corrected chi connectivity index (χ3v) is 4.23. The van der Waals surface area contributed by atoms with Gasteiger partial charge in [0.25, 0.3) is 0 Å². The van der Waals surface area contributed by atoms with Gasteiger partial charge in [-0.3, -0.25) is 0 Å². The van der Waals surface area contributed by atoms with Crippen LogP contribution in [0.1, 0.15) is 22.3 Å². The number of hydrogen-bond donors (Lipinski definition) is 1. The molecule has 0 radical (unpaired) electrons. The van der Waals surface area contributed by atoms with E-state index in [1.165, 1.54) is 0 Å². The van der Waals surface area contributed by atoms with Crippen molar-refractivity contribution in [2.45, 2.75) is 27.7 Å². The highest BCUT2D eigenvalue weighted by molar-refractivity contribution is 9.10. The molecule has 2 rings (SSSR count). The highest BCUT2D eigenvalue weighted by Crippen LogP contribution is 2.40. The minimum Gasteiger partial charge on any atom is -0.507 e. The molecular weight excluding hydrogens is 304 g/mol. The molecule has 0 spiro atoms. The minimum absolute atomic E-state index is 0.306. The topological polar surface area (TPSA) is 29.5 Å². The van der Waals surface area contributed by atoms with E-state index in [4.69, 9.17) is 4.74 Å². The van der Waals surface area contributed by atoms with Crippen molar-refractivity contribution in [1.82, 2.24) is 0 Å². The maximum atomic E-state index is 9.90. The number of hydrogen-bond acceptors (Lipinski definition) is 2. The van der Waals surface area contributed by atoms with Crippen LogP contribution in [-0.4, -0.2) is 5.11 Å². The van der Waals surface area contributed by atoms with Crippen LogP contribution in [0, 0.1) is 27.7 Å². The summed E-state index contributed by atoms with van der Waals surface area (Å²) < 4.78 is 6.82. The van der Waals surface area contributed by atoms with E-state index in [1.807, 2.05) is 52.0 Å². The van der Waals surface area contributed by atoms with Crippen LogP contribution >= 0.6 is 15.9 Å². The van der Waals surface area contributed by atoms with Gasteiger partial charge in [-0.25, -0.2) is 0 Å². The van der Waals surface area contributed by atoms with E-state index < -0.39 is 0 Å². The Hall–Kier alpha value is -1.48. The number of para-hydroxylation sites is 1. The summed E-state index contributed by atoms with van der Waals surface area (Å²) in [4.78, 5) is 0. The Morgan fingerprint density at radius 3 is 2.16 bits per heavy atom. The summed E-state index contributed by atoms with van der Waals surface area (Å²) in [5.41, 5.74) is 3.79. The fourth-order valence-electron chi connectivity index (χ4n) is 2.06. The van der Waals surface area contributed by atoms with Crippen molar-refractivity contribution >= 4 is 15.9 Å². The quantitative estimate of drug-likeness (QED) is 0.826. The van der Waals surface area contributed by atoms with Crippen LogP contribution in [0.15, 0.2) is 28.7 Å². The average Bonchev–Trinajstić information content (AvgIpc) is 2.37. The Kier molecular flexibility index (Phi) is 3.85. The lowest BCUT2D eigenvalue weighted by molar-refractivity contribution is 0.451. The molecule has 0 saturated heterocycles. The predicted octanol–water partition coefficient (Wildman–Crippen LogP) is 5.18. The highest BCUT2D eigenvalue weighted by Gasteiger charge is 2.14. The van der Waals surface area contributed by atoms with E-state index >= 15 is 0 Å². The van der Waals surface area contributed by atoms with Crippen molar-refractivity contribution in [1.29, 1.82) is 0 Å². The summed E-state index contributed by atoms with van der Waals surface area (Å²) in [5, 5.41) is 9.90. The van der Waals surface area contributed by atoms with Gasteiger partial charge in [-0.15, -0.1) is 0 Å². The van der Waals surface area contributed by atoms with Crippen molar-refractivity contribution in [2.75, 3.05) is 0 Å². The van der Waals surface area contributed by atoms with Crippen LogP contribution in [0.5, 0.6) is 17.2 Å². The van der Waals surface area contributed by atoms with Gasteiger partial charge in [0.15, 0.2) is 0 Å². The summed E-state index contributed by atoms with van der Waals surface area (Å²) >= 11 is 3.49. The van der Waals surface area contributed by atoms with Gasteiger partial charge < -0.3 is 9.84 Å². The number of benzene rings is 2. The van der Waals surface area contributed by atoms with Gasteiger partial charge in [0.2, 0.25) is 0 Å². The molecule has 0 aromatic heterocycles. The number of rotatable bonds is 2. The molecular formula is C16H17BrO2. The maximum Gasteiger partial charge on any atom is 0.142 e. The molecule has 0 fully saturated rings. The van der Waals surface area contributed by atoms with Crippen molar-refractivity contribution in [3.8, 4) is 17.2 Å². The fourth-order valence-corrected chi connectivity index (χ4v) is 2.44. The van der Waals surface area contributed by atoms with Gasteiger partial charge in [0.05, 0.1) is 4.47 Å². The van der Waals surface area contributed by atoms with Crippen LogP contribution in [-0.2, 0) is 0 Å². The fraction of sp³-hybridized carbons (Fsp3) is 0.250. The number of ether oxygens (including phenoxy) is 1. The number of phenolic OH excluding ortho intramolecular Hbond substituents is 1. The number of aromatic hydroxyl groups is 1. The summed E-state index contributed by atoms with van der Waals surface area (Å²) in [6.45, 7) is 7.78. The lowest BCUT2D eigenvalue weighted by atomic mass is 10.1. The molecule has 2 nitrogen and oxygen atoms in total. The van der Waals surface area contributed by atoms with E-state index in [2.05, 4.69) is 15.9 Å². The van der Waals surface area contributed by atoms with Crippen LogP contribution in [0.2, 0.25) is 0 Å². The Morgan fingerprint density at radius 2 is 1.58 bits per heavy atom. The first-order valence-corrected chi connectivity index (χ1v) is 6.94. The smallest absolute Gasteiger partial charge is 0.142 e. The molecule has 19 heavy (non-hydrogen) atoms. The van der Waals surface area contributed by atoms with Crippen LogP contribution in [0.3, 0.4) is 0 Å². The van der Waals surface area contributed by atoms with E-state index in [1.54, 1.807) is 0 Å². The standard InChI is InChI=1S/C16H17BrO2/c1-9-6-5-7-10(2)16(9)19-13-8-11(3)15(18)12(4)14(13)17/h5-8,18H,1-4H3. The molecule has 0 saturated carbocycles. The molecule has 0 aliphatic heterocycles. The van der Waals surface area contributed by atoms with Crippen molar-refractivity contribution in [3.05, 3.63) is 51.0 Å². The first-order valence-electron chi connectivity index (χ1n) is 6.14. The Morgan fingerprint density at radius 1 is 1.00 bits per heavy atom. The van der Waals surface area contributed by atoms with Crippen molar-refractivity contribution in [3.63, 3.8) is 0 Å². The largest absolute Gasteiger partial charge is 0.507 e. The average molecular weight is 321 g/mol. The zero-order chi connectivity index (χ0) is 14.2. The first-order chi connectivity index (χ1) is 8.91. The van der Waals surface area contributed by atoms with Gasteiger partial charge in [-0.05, 0) is 66.4 Å². The van der Waals surface area contributed by atoms with Crippen molar-refractivity contribution in [2.24, 2.45) is 0 Å². The molecule has 0 unspecified atom stereocenters. The maximum absolute atomic E-state index is 9.90. The molecule has 0 bridgehead atoms. The molecule has 1 N–H and O–H groups in total. The molecule has 0 amide bonds. The first kappa shape index (κ1) is 13.9. The summed E-state index contributed by atoms with van der Waals surface area (Å²) in [5.74, 6) is 1.90. The van der Waals surface area contributed by atoms with Gasteiger partial charge in [0.1, 0.15) is 17.2 Å². The monoisotopic (exact) mass is 320 g/mol. The molecule has 3 heteroatoms. The number of phenols is 1. The normalized spacial score (nSPS) is 10.6. The number of aryl methyl sites for hydroxylation is 3. The van der Waals surface area contributed by atoms with Gasteiger partial charge in [-0.2, -0.15) is 0 Å². The zero-order valence-corrected chi connectivity index (χ0v) is 13.1. The molecule has 0 atom stereocenters. The van der Waals surface area contributed by atoms with E-state index in [-0.39, 0.29) is 0 Å². The molecule has 2 aromatic rings. The third-order valence-electron chi connectivity index (χ3n) is 3.24. The molecule has 0 heterocycles. The minimum atomic E-state index is 0.306. The lowest BCUT2D eigenvalue weighted by Crippen LogP contribution is -1.94. The summed E-state index contributed by atoms with van der Waals surface area (Å²) in [7, 11) is 0. The predicted molar refractivity (Wildman–Crippen MR) is 81.3 cm³/mol. The van der Waals surface area contributed by atoms with Crippen LogP contribution < -0.4 is 4.74 Å². The van der Waals surface area contributed by atoms with E-state index in [0.29, 0.717) is 5.75 Å². The van der Waals surface area contributed by atoms with Gasteiger partial charge in [0, 0.05) is 5.56 Å². The second-order valence-electron chi connectivity index (χ2n) is 4.80. The second-order valence-corrected chi connectivity index (χ2v) is 5.60. The highest BCUT2D eigenvalue weighted by atomic mass is 79.9. The summed E-state index contributed by atoms with van der Waals surface area (Å²) in [6.07, 6.45) is 0. The molecule has 2 aromatic carbocycles. The Labute approximate surface area is 122 Å². The second kappa shape index (κ2) is 5.25. The SMILES string of the molecule is Cc1cc(Oc2c(C)cccc2C)c(Br)c(C)c1O. The van der Waals surface area contributed by atoms with E-state index in [9.17, 15) is 5.11 Å². The zero-order valence-electron chi connectivity index (χ0n) is 11.5. The Bertz CT molecular complexity index is 613. The summed E-state index contributed by atoms with van der Waals surface area (Å²) in [6, 6.07) is 7.91. The van der Waals surface area contributed by atoms with Crippen molar-refractivity contribution < 1.29 is 9.84 Å².